The van der Waals surface area contributed by atoms with Crippen molar-refractivity contribution in [3.63, 3.8) is 0 Å². The Balaban J connectivity index is 2.47. The van der Waals surface area contributed by atoms with E-state index in [4.69, 9.17) is 27.9 Å². The normalized spacial score (nSPS) is 12.1. The van der Waals surface area contributed by atoms with Crippen molar-refractivity contribution < 1.29 is 22.7 Å². The molecule has 0 unspecified atom stereocenters. The maximum absolute atomic E-state index is 13.5. The van der Waals surface area contributed by atoms with Crippen molar-refractivity contribution in [1.82, 2.24) is 10.2 Å². The van der Waals surface area contributed by atoms with Crippen molar-refractivity contribution in [3.05, 3.63) is 58.1 Å². The first-order valence-corrected chi connectivity index (χ1v) is 13.3. The molecule has 2 amide bonds. The first-order chi connectivity index (χ1) is 16.0. The molecule has 2 aromatic carbocycles. The monoisotopic (exact) mass is 529 g/mol. The van der Waals surface area contributed by atoms with Crippen molar-refractivity contribution in [3.8, 4) is 5.75 Å². The summed E-state index contributed by atoms with van der Waals surface area (Å²) < 4.78 is 31.3. The Labute approximate surface area is 210 Å². The van der Waals surface area contributed by atoms with Crippen LogP contribution < -0.4 is 14.4 Å². The van der Waals surface area contributed by atoms with Gasteiger partial charge in [0.25, 0.3) is 0 Å². The maximum atomic E-state index is 13.5. The molecular weight excluding hydrogens is 501 g/mol. The second-order valence-electron chi connectivity index (χ2n) is 7.52. The summed E-state index contributed by atoms with van der Waals surface area (Å²) in [5, 5.41) is 3.37. The highest BCUT2D eigenvalue weighted by molar-refractivity contribution is 7.92. The predicted molar refractivity (Wildman–Crippen MR) is 135 cm³/mol. The second-order valence-corrected chi connectivity index (χ2v) is 10.2. The third-order valence-electron chi connectivity index (χ3n) is 5.14. The van der Waals surface area contributed by atoms with E-state index in [0.29, 0.717) is 29.3 Å². The Hall–Kier alpha value is -2.49. The summed E-state index contributed by atoms with van der Waals surface area (Å²) in [7, 11) is -2.43. The number of nitrogens with one attached hydrogen (secondary N) is 1. The Morgan fingerprint density at radius 3 is 2.29 bits per heavy atom. The van der Waals surface area contributed by atoms with Crippen LogP contribution in [0.25, 0.3) is 0 Å². The van der Waals surface area contributed by atoms with Crippen LogP contribution in [0.1, 0.15) is 25.8 Å². The van der Waals surface area contributed by atoms with Gasteiger partial charge in [0.15, 0.2) is 0 Å². The lowest BCUT2D eigenvalue weighted by Crippen LogP contribution is -2.52. The lowest BCUT2D eigenvalue weighted by atomic mass is 10.1. The number of halogens is 2. The number of nitrogens with zero attached hydrogens (tertiary/aromatic N) is 2. The summed E-state index contributed by atoms with van der Waals surface area (Å²) in [5.41, 5.74) is 0.837. The molecule has 8 nitrogen and oxygen atoms in total. The molecule has 1 N–H and O–H groups in total. The molecular formula is C23H29Cl2N3O5S. The van der Waals surface area contributed by atoms with Crippen molar-refractivity contribution in [1.29, 1.82) is 0 Å². The van der Waals surface area contributed by atoms with Crippen LogP contribution in [0.2, 0.25) is 10.0 Å². The molecule has 0 bridgehead atoms. The molecule has 0 aromatic heterocycles. The molecule has 0 heterocycles. The molecule has 0 fully saturated rings. The van der Waals surface area contributed by atoms with Gasteiger partial charge in [-0.05, 0) is 43.2 Å². The van der Waals surface area contributed by atoms with Crippen LogP contribution in [0.5, 0.6) is 5.75 Å². The molecule has 0 aliphatic carbocycles. The number of carbonyl (C=O) groups excluding carboxylic acids is 2. The summed E-state index contributed by atoms with van der Waals surface area (Å²) >= 11 is 12.5. The molecule has 0 saturated carbocycles. The van der Waals surface area contributed by atoms with Gasteiger partial charge in [-0.25, -0.2) is 8.42 Å². The minimum atomic E-state index is -3.87. The van der Waals surface area contributed by atoms with E-state index in [1.807, 2.05) is 0 Å². The third-order valence-corrected chi connectivity index (χ3v) is 6.94. The lowest BCUT2D eigenvalue weighted by Gasteiger charge is -2.33. The highest BCUT2D eigenvalue weighted by Gasteiger charge is 2.32. The van der Waals surface area contributed by atoms with E-state index in [9.17, 15) is 18.0 Å². The molecule has 11 heteroatoms. The van der Waals surface area contributed by atoms with Gasteiger partial charge < -0.3 is 15.0 Å². The van der Waals surface area contributed by atoms with Gasteiger partial charge in [-0.15, -0.1) is 0 Å². The quantitative estimate of drug-likeness (QED) is 0.478. The number of methoxy groups -OCH3 is 1. The zero-order chi connectivity index (χ0) is 25.5. The largest absolute Gasteiger partial charge is 0.495 e. The minimum absolute atomic E-state index is 0.0368. The summed E-state index contributed by atoms with van der Waals surface area (Å²) in [6, 6.07) is 10.6. The Kier molecular flexibility index (Phi) is 10.0. The van der Waals surface area contributed by atoms with Crippen LogP contribution in [0.15, 0.2) is 42.5 Å². The minimum Gasteiger partial charge on any atom is -0.495 e. The van der Waals surface area contributed by atoms with Gasteiger partial charge in [0.1, 0.15) is 18.3 Å². The van der Waals surface area contributed by atoms with Gasteiger partial charge >= 0.3 is 0 Å². The number of rotatable bonds is 11. The first kappa shape index (κ1) is 27.8. The number of ether oxygens (including phenoxy) is 1. The van der Waals surface area contributed by atoms with Gasteiger partial charge in [-0.2, -0.15) is 0 Å². The van der Waals surface area contributed by atoms with Crippen molar-refractivity contribution in [2.24, 2.45) is 0 Å². The van der Waals surface area contributed by atoms with E-state index in [2.05, 4.69) is 5.32 Å². The summed E-state index contributed by atoms with van der Waals surface area (Å²) in [6.45, 7) is 3.47. The molecule has 0 radical (unpaired) electrons. The number of hydrogen-bond donors (Lipinski definition) is 1. The Morgan fingerprint density at radius 1 is 1.09 bits per heavy atom. The SMILES string of the molecule is CCNC(=O)[C@@H](CC)N(Cc1ccccc1Cl)C(=O)CN(c1ccc(OC)c(Cl)c1)S(C)(=O)=O. The summed E-state index contributed by atoms with van der Waals surface area (Å²) in [6.07, 6.45) is 1.33. The standard InChI is InChI=1S/C23H29Cl2N3O5S/c1-5-20(23(30)26-6-2)27(14-16-9-7-8-10-18(16)24)22(29)15-28(34(4,31)32)17-11-12-21(33-3)19(25)13-17/h7-13,20H,5-6,14-15H2,1-4H3,(H,26,30)/t20-/m1/s1. The molecule has 2 aromatic rings. The number of carbonyl (C=O) groups is 2. The highest BCUT2D eigenvalue weighted by Crippen LogP contribution is 2.30. The molecule has 2 rings (SSSR count). The molecule has 0 spiro atoms. The number of likely N-dealkylation sites (N-methyl/N-ethyl adjacent to an activating group) is 1. The topological polar surface area (TPSA) is 96.0 Å². The predicted octanol–water partition coefficient (Wildman–Crippen LogP) is 3.71. The second kappa shape index (κ2) is 12.3. The van der Waals surface area contributed by atoms with Crippen molar-refractivity contribution in [2.45, 2.75) is 32.9 Å². The molecule has 0 aliphatic rings. The van der Waals surface area contributed by atoms with Crippen LogP contribution in [0.4, 0.5) is 5.69 Å². The van der Waals surface area contributed by atoms with Gasteiger partial charge in [0, 0.05) is 18.1 Å². The Bertz CT molecular complexity index is 1130. The van der Waals surface area contributed by atoms with E-state index in [1.54, 1.807) is 38.1 Å². The third kappa shape index (κ3) is 7.01. The van der Waals surface area contributed by atoms with Crippen LogP contribution in [0, 0.1) is 0 Å². The van der Waals surface area contributed by atoms with Crippen molar-refractivity contribution in [2.75, 3.05) is 30.8 Å². The van der Waals surface area contributed by atoms with Gasteiger partial charge in [0.05, 0.1) is 24.1 Å². The van der Waals surface area contributed by atoms with E-state index < -0.39 is 28.5 Å². The number of sulfonamides is 1. The Morgan fingerprint density at radius 2 is 1.76 bits per heavy atom. The van der Waals surface area contributed by atoms with Gasteiger partial charge in [0.2, 0.25) is 21.8 Å². The molecule has 1 atom stereocenters. The average Bonchev–Trinajstić information content (AvgIpc) is 2.77. The van der Waals surface area contributed by atoms with E-state index in [1.165, 1.54) is 30.2 Å². The number of anilines is 1. The molecule has 0 aliphatic heterocycles. The summed E-state index contributed by atoms with van der Waals surface area (Å²) in [5.74, 6) is -0.521. The number of hydrogen-bond acceptors (Lipinski definition) is 5. The first-order valence-electron chi connectivity index (χ1n) is 10.6. The van der Waals surface area contributed by atoms with Crippen LogP contribution in [-0.2, 0) is 26.2 Å². The van der Waals surface area contributed by atoms with Crippen LogP contribution >= 0.6 is 23.2 Å². The maximum Gasteiger partial charge on any atom is 0.244 e. The van der Waals surface area contributed by atoms with E-state index >= 15 is 0 Å². The van der Waals surface area contributed by atoms with Crippen LogP contribution in [-0.4, -0.2) is 57.6 Å². The number of benzene rings is 2. The zero-order valence-corrected chi connectivity index (χ0v) is 21.9. The lowest BCUT2D eigenvalue weighted by molar-refractivity contribution is -0.140. The van der Waals surface area contributed by atoms with E-state index in [0.717, 1.165) is 10.6 Å². The van der Waals surface area contributed by atoms with Crippen LogP contribution in [0.3, 0.4) is 0 Å². The average molecular weight is 530 g/mol. The van der Waals surface area contributed by atoms with Gasteiger partial charge in [-0.3, -0.25) is 13.9 Å². The fourth-order valence-corrected chi connectivity index (χ4v) is 4.73. The fraction of sp³-hybridized carbons (Fsp3) is 0.391. The summed E-state index contributed by atoms with van der Waals surface area (Å²) in [4.78, 5) is 27.7. The smallest absolute Gasteiger partial charge is 0.244 e. The molecule has 34 heavy (non-hydrogen) atoms. The van der Waals surface area contributed by atoms with E-state index in [-0.39, 0.29) is 23.2 Å². The zero-order valence-electron chi connectivity index (χ0n) is 19.5. The fourth-order valence-electron chi connectivity index (χ4n) is 3.45. The highest BCUT2D eigenvalue weighted by atomic mass is 35.5. The van der Waals surface area contributed by atoms with Crippen molar-refractivity contribution >= 4 is 50.7 Å². The molecule has 0 saturated heterocycles. The van der Waals surface area contributed by atoms with Gasteiger partial charge in [-0.1, -0.05) is 48.3 Å². The molecule has 186 valence electrons. The number of amides is 2.